The number of hydrogen-bond acceptors (Lipinski definition) is 1. The summed E-state index contributed by atoms with van der Waals surface area (Å²) < 4.78 is 3.24. The first kappa shape index (κ1) is 4.22. The Labute approximate surface area is 40.9 Å². The third-order valence-electron chi connectivity index (χ3n) is 0.729. The first-order chi connectivity index (χ1) is 2.89. The highest BCUT2D eigenvalue weighted by atomic mass is 32.2. The second kappa shape index (κ2) is 1.67. The van der Waals surface area contributed by atoms with Crippen LogP contribution in [-0.4, -0.2) is 12.8 Å². The fourth-order valence-corrected chi connectivity index (χ4v) is 1.26. The van der Waals surface area contributed by atoms with Crippen LogP contribution in [0.3, 0.4) is 0 Å². The Hall–Kier alpha value is 0.0500. The summed E-state index contributed by atoms with van der Waals surface area (Å²) in [7, 11) is 0. The highest BCUT2D eigenvalue weighted by Gasteiger charge is 2.08. The standard InChI is InChI=1S/C4H8NS/c1-6-4-2-3-5-6/h2,4-5H,3H2,1H3/q+1. The zero-order chi connectivity index (χ0) is 4.41. The molecule has 0 saturated carbocycles. The molecule has 0 amide bonds. The van der Waals surface area contributed by atoms with Crippen LogP contribution >= 0.6 is 0 Å². The van der Waals surface area contributed by atoms with E-state index in [0.717, 1.165) is 6.54 Å². The van der Waals surface area contributed by atoms with Gasteiger partial charge in [-0.1, -0.05) is 0 Å². The van der Waals surface area contributed by atoms with Crippen molar-refractivity contribution >= 4 is 11.1 Å². The first-order valence-electron chi connectivity index (χ1n) is 1.94. The molecule has 0 saturated heterocycles. The highest BCUT2D eigenvalue weighted by Crippen LogP contribution is 1.92. The Morgan fingerprint density at radius 1 is 1.83 bits per heavy atom. The minimum atomic E-state index is 0.397. The van der Waals surface area contributed by atoms with Gasteiger partial charge in [0.25, 0.3) is 0 Å². The molecule has 0 aromatic carbocycles. The molecule has 2 heteroatoms. The minimum Gasteiger partial charge on any atom is -0.130 e. The van der Waals surface area contributed by atoms with Crippen molar-refractivity contribution in [3.05, 3.63) is 11.5 Å². The van der Waals surface area contributed by atoms with Crippen molar-refractivity contribution in [2.24, 2.45) is 0 Å². The van der Waals surface area contributed by atoms with Crippen molar-refractivity contribution in [1.82, 2.24) is 4.72 Å². The molecule has 1 rings (SSSR count). The van der Waals surface area contributed by atoms with E-state index in [1.165, 1.54) is 0 Å². The van der Waals surface area contributed by atoms with Crippen LogP contribution in [0, 0.1) is 0 Å². The van der Waals surface area contributed by atoms with Gasteiger partial charge in [-0.2, -0.15) is 0 Å². The second-order valence-electron chi connectivity index (χ2n) is 1.28. The lowest BCUT2D eigenvalue weighted by atomic mass is 10.7. The van der Waals surface area contributed by atoms with E-state index in [-0.39, 0.29) is 0 Å². The van der Waals surface area contributed by atoms with Gasteiger partial charge in [0.2, 0.25) is 0 Å². The van der Waals surface area contributed by atoms with Gasteiger partial charge < -0.3 is 0 Å². The van der Waals surface area contributed by atoms with E-state index in [9.17, 15) is 0 Å². The van der Waals surface area contributed by atoms with Crippen molar-refractivity contribution in [3.63, 3.8) is 0 Å². The number of rotatable bonds is 0. The maximum Gasteiger partial charge on any atom is 0.137 e. The smallest absolute Gasteiger partial charge is 0.130 e. The van der Waals surface area contributed by atoms with Crippen molar-refractivity contribution < 1.29 is 0 Å². The largest absolute Gasteiger partial charge is 0.137 e. The van der Waals surface area contributed by atoms with Crippen LogP contribution in [0.25, 0.3) is 0 Å². The van der Waals surface area contributed by atoms with Gasteiger partial charge in [-0.3, -0.25) is 0 Å². The van der Waals surface area contributed by atoms with Gasteiger partial charge in [-0.25, -0.2) is 0 Å². The fourth-order valence-electron chi connectivity index (χ4n) is 0.420. The van der Waals surface area contributed by atoms with E-state index in [0.29, 0.717) is 11.1 Å². The maximum atomic E-state index is 3.24. The van der Waals surface area contributed by atoms with Gasteiger partial charge in [0.15, 0.2) is 0 Å². The van der Waals surface area contributed by atoms with E-state index in [4.69, 9.17) is 0 Å². The average molecular weight is 102 g/mol. The fraction of sp³-hybridized carbons (Fsp3) is 0.500. The zero-order valence-electron chi connectivity index (χ0n) is 3.77. The minimum absolute atomic E-state index is 0.397. The zero-order valence-corrected chi connectivity index (χ0v) is 4.59. The predicted molar refractivity (Wildman–Crippen MR) is 30.4 cm³/mol. The van der Waals surface area contributed by atoms with E-state index in [2.05, 4.69) is 22.5 Å². The Balaban J connectivity index is 2.38. The molecule has 1 N–H and O–H groups in total. The quantitative estimate of drug-likeness (QED) is 0.433. The molecule has 0 aromatic heterocycles. The van der Waals surface area contributed by atoms with E-state index >= 15 is 0 Å². The number of nitrogens with one attached hydrogen (secondary N) is 1. The van der Waals surface area contributed by atoms with Crippen LogP contribution in [0.2, 0.25) is 0 Å². The Kier molecular flexibility index (Phi) is 1.17. The summed E-state index contributed by atoms with van der Waals surface area (Å²) in [4.78, 5) is 0. The van der Waals surface area contributed by atoms with Crippen molar-refractivity contribution in [3.8, 4) is 0 Å². The second-order valence-corrected chi connectivity index (χ2v) is 2.95. The van der Waals surface area contributed by atoms with Gasteiger partial charge in [0.1, 0.15) is 22.7 Å². The van der Waals surface area contributed by atoms with E-state index < -0.39 is 0 Å². The molecule has 0 bridgehead atoms. The van der Waals surface area contributed by atoms with Gasteiger partial charge in [-0.15, -0.1) is 4.72 Å². The molecule has 0 spiro atoms. The topological polar surface area (TPSA) is 12.0 Å². The van der Waals surface area contributed by atoms with E-state index in [1.54, 1.807) is 0 Å². The van der Waals surface area contributed by atoms with Crippen molar-refractivity contribution in [1.29, 1.82) is 0 Å². The third kappa shape index (κ3) is 0.758. The summed E-state index contributed by atoms with van der Waals surface area (Å²) in [6.07, 6.45) is 4.33. The highest BCUT2D eigenvalue weighted by molar-refractivity contribution is 7.97. The number of hydrogen-bond donors (Lipinski definition) is 1. The molecule has 1 aliphatic heterocycles. The molecule has 1 heterocycles. The average Bonchev–Trinajstić information content (AvgIpc) is 1.86. The molecule has 1 unspecified atom stereocenters. The monoisotopic (exact) mass is 102 g/mol. The molecule has 0 fully saturated rings. The molecular weight excluding hydrogens is 94.1 g/mol. The molecule has 1 aliphatic rings. The Bertz CT molecular complexity index is 69.9. The third-order valence-corrected chi connectivity index (χ3v) is 1.95. The van der Waals surface area contributed by atoms with Crippen LogP contribution in [0.4, 0.5) is 0 Å². The van der Waals surface area contributed by atoms with Crippen molar-refractivity contribution in [2.45, 2.75) is 0 Å². The SMILES string of the molecule is C[S+]1C=CCN1. The summed E-state index contributed by atoms with van der Waals surface area (Å²) in [5.41, 5.74) is 0. The van der Waals surface area contributed by atoms with Crippen molar-refractivity contribution in [2.75, 3.05) is 12.8 Å². The molecule has 1 nitrogen and oxygen atoms in total. The molecule has 0 aromatic rings. The lowest BCUT2D eigenvalue weighted by Crippen LogP contribution is -2.13. The maximum absolute atomic E-state index is 3.24. The lowest BCUT2D eigenvalue weighted by molar-refractivity contribution is 1.15. The van der Waals surface area contributed by atoms with Crippen LogP contribution in [0.1, 0.15) is 0 Å². The normalized spacial score (nSPS) is 31.8. The van der Waals surface area contributed by atoms with Crippen LogP contribution in [0.15, 0.2) is 11.5 Å². The van der Waals surface area contributed by atoms with Crippen LogP contribution in [-0.2, 0) is 11.1 Å². The Morgan fingerprint density at radius 2 is 2.67 bits per heavy atom. The van der Waals surface area contributed by atoms with Crippen LogP contribution < -0.4 is 4.72 Å². The summed E-state index contributed by atoms with van der Waals surface area (Å²) in [6, 6.07) is 0. The molecular formula is C4H8NS+. The summed E-state index contributed by atoms with van der Waals surface area (Å²) in [5, 5.41) is 2.19. The van der Waals surface area contributed by atoms with Gasteiger partial charge >= 0.3 is 0 Å². The molecule has 0 radical (unpaired) electrons. The first-order valence-corrected chi connectivity index (χ1v) is 3.64. The van der Waals surface area contributed by atoms with Gasteiger partial charge in [0.05, 0.1) is 6.54 Å². The molecule has 34 valence electrons. The summed E-state index contributed by atoms with van der Waals surface area (Å²) >= 11 is 0.397. The van der Waals surface area contributed by atoms with Crippen LogP contribution in [0.5, 0.6) is 0 Å². The summed E-state index contributed by atoms with van der Waals surface area (Å²) in [6.45, 7) is 1.07. The Morgan fingerprint density at radius 3 is 2.83 bits per heavy atom. The summed E-state index contributed by atoms with van der Waals surface area (Å²) in [5.74, 6) is 0. The molecule has 6 heavy (non-hydrogen) atoms. The van der Waals surface area contributed by atoms with Gasteiger partial charge in [0, 0.05) is 0 Å². The molecule has 0 aliphatic carbocycles. The predicted octanol–water partition coefficient (Wildman–Crippen LogP) is 0.266. The molecule has 1 atom stereocenters. The lowest BCUT2D eigenvalue weighted by Gasteiger charge is -1.81. The van der Waals surface area contributed by atoms with Gasteiger partial charge in [-0.05, 0) is 6.08 Å². The van der Waals surface area contributed by atoms with E-state index in [1.807, 2.05) is 0 Å².